The Balaban J connectivity index is 1.88. The second-order valence-corrected chi connectivity index (χ2v) is 8.43. The van der Waals surface area contributed by atoms with Crippen molar-refractivity contribution in [3.8, 4) is 5.75 Å². The third kappa shape index (κ3) is 6.64. The van der Waals surface area contributed by atoms with Crippen LogP contribution in [0.4, 0.5) is 0 Å². The van der Waals surface area contributed by atoms with E-state index in [-0.39, 0.29) is 29.9 Å². The monoisotopic (exact) mass is 384 g/mol. The van der Waals surface area contributed by atoms with Crippen molar-refractivity contribution >= 4 is 5.91 Å². The van der Waals surface area contributed by atoms with E-state index < -0.39 is 0 Å². The van der Waals surface area contributed by atoms with Crippen LogP contribution in [0.5, 0.6) is 5.75 Å². The summed E-state index contributed by atoms with van der Waals surface area (Å²) in [6, 6.07) is 11.7. The molecule has 1 aromatic heterocycles. The van der Waals surface area contributed by atoms with Gasteiger partial charge in [0.05, 0.1) is 31.0 Å². The Morgan fingerprint density at radius 3 is 2.36 bits per heavy atom. The van der Waals surface area contributed by atoms with Gasteiger partial charge in [-0.1, -0.05) is 52.0 Å². The molecule has 1 heterocycles. The van der Waals surface area contributed by atoms with Crippen LogP contribution in [0.25, 0.3) is 0 Å². The zero-order chi connectivity index (χ0) is 20.7. The standard InChI is InChI=1S/C23H32N2O3/c1-16(14-26)15-28-20-10-11-21(24-13-20)17(2)25-22(27)12-18-6-8-19(9-7-18)23(3,4)5/h6-11,13,16-17,26H,12,14-15H2,1-5H3,(H,25,27). The quantitative estimate of drug-likeness (QED) is 0.726. The molecule has 2 N–H and O–H groups in total. The SMILES string of the molecule is CC(CO)COc1ccc(C(C)NC(=O)Cc2ccc(C(C)(C)C)cc2)nc1. The van der Waals surface area contributed by atoms with Crippen LogP contribution >= 0.6 is 0 Å². The van der Waals surface area contributed by atoms with Crippen LogP contribution < -0.4 is 10.1 Å². The highest BCUT2D eigenvalue weighted by Crippen LogP contribution is 2.22. The summed E-state index contributed by atoms with van der Waals surface area (Å²) in [4.78, 5) is 16.7. The predicted molar refractivity (Wildman–Crippen MR) is 111 cm³/mol. The first-order chi connectivity index (χ1) is 13.2. The molecule has 28 heavy (non-hydrogen) atoms. The fraction of sp³-hybridized carbons (Fsp3) is 0.478. The minimum atomic E-state index is -0.188. The van der Waals surface area contributed by atoms with Crippen molar-refractivity contribution in [1.29, 1.82) is 0 Å². The summed E-state index contributed by atoms with van der Waals surface area (Å²) in [5, 5.41) is 12.0. The van der Waals surface area contributed by atoms with Gasteiger partial charge in [0.2, 0.25) is 5.91 Å². The molecule has 0 fully saturated rings. The molecule has 5 heteroatoms. The highest BCUT2D eigenvalue weighted by Gasteiger charge is 2.15. The molecule has 2 aromatic rings. The highest BCUT2D eigenvalue weighted by molar-refractivity contribution is 5.78. The average molecular weight is 385 g/mol. The summed E-state index contributed by atoms with van der Waals surface area (Å²) in [6.45, 7) is 10.9. The summed E-state index contributed by atoms with van der Waals surface area (Å²) in [6.07, 6.45) is 1.99. The summed E-state index contributed by atoms with van der Waals surface area (Å²) >= 11 is 0. The minimum Gasteiger partial charge on any atom is -0.492 e. The number of hydrogen-bond acceptors (Lipinski definition) is 4. The van der Waals surface area contributed by atoms with Gasteiger partial charge in [-0.3, -0.25) is 9.78 Å². The summed E-state index contributed by atoms with van der Waals surface area (Å²) in [5.41, 5.74) is 3.13. The van der Waals surface area contributed by atoms with Gasteiger partial charge < -0.3 is 15.2 Å². The van der Waals surface area contributed by atoms with Gasteiger partial charge in [-0.15, -0.1) is 0 Å². The Morgan fingerprint density at radius 1 is 1.14 bits per heavy atom. The second-order valence-electron chi connectivity index (χ2n) is 8.43. The van der Waals surface area contributed by atoms with Gasteiger partial charge in [0, 0.05) is 12.5 Å². The first kappa shape index (κ1) is 21.9. The number of carbonyl (C=O) groups excluding carboxylic acids is 1. The van der Waals surface area contributed by atoms with Crippen LogP contribution in [-0.4, -0.2) is 29.2 Å². The van der Waals surface area contributed by atoms with Crippen molar-refractivity contribution in [2.45, 2.75) is 52.5 Å². The molecule has 0 saturated carbocycles. The molecular weight excluding hydrogens is 352 g/mol. The van der Waals surface area contributed by atoms with Crippen molar-refractivity contribution in [3.63, 3.8) is 0 Å². The number of hydrogen-bond donors (Lipinski definition) is 2. The van der Waals surface area contributed by atoms with E-state index in [1.165, 1.54) is 5.56 Å². The number of aliphatic hydroxyl groups is 1. The minimum absolute atomic E-state index is 0.0325. The molecule has 2 atom stereocenters. The number of aliphatic hydroxyl groups excluding tert-OH is 1. The molecular formula is C23H32N2O3. The summed E-state index contributed by atoms with van der Waals surface area (Å²) in [5.74, 6) is 0.701. The molecule has 0 bridgehead atoms. The molecule has 2 unspecified atom stereocenters. The average Bonchev–Trinajstić information content (AvgIpc) is 2.66. The maximum atomic E-state index is 12.4. The molecule has 5 nitrogen and oxygen atoms in total. The third-order valence-electron chi connectivity index (χ3n) is 4.61. The number of ether oxygens (including phenoxy) is 1. The number of carbonyl (C=O) groups is 1. The highest BCUT2D eigenvalue weighted by atomic mass is 16.5. The normalized spacial score (nSPS) is 13.6. The Morgan fingerprint density at radius 2 is 1.82 bits per heavy atom. The second kappa shape index (κ2) is 9.69. The van der Waals surface area contributed by atoms with Crippen molar-refractivity contribution in [2.75, 3.05) is 13.2 Å². The van der Waals surface area contributed by atoms with Gasteiger partial charge in [0.1, 0.15) is 5.75 Å². The lowest BCUT2D eigenvalue weighted by atomic mass is 9.86. The lowest BCUT2D eigenvalue weighted by Gasteiger charge is -2.19. The first-order valence-electron chi connectivity index (χ1n) is 9.77. The summed E-state index contributed by atoms with van der Waals surface area (Å²) in [7, 11) is 0. The molecule has 1 amide bonds. The molecule has 1 aromatic carbocycles. The van der Waals surface area contributed by atoms with Crippen molar-refractivity contribution < 1.29 is 14.6 Å². The van der Waals surface area contributed by atoms with E-state index in [1.807, 2.05) is 38.1 Å². The lowest BCUT2D eigenvalue weighted by Crippen LogP contribution is -2.28. The van der Waals surface area contributed by atoms with Crippen LogP contribution in [0, 0.1) is 5.92 Å². The van der Waals surface area contributed by atoms with Gasteiger partial charge in [-0.2, -0.15) is 0 Å². The van der Waals surface area contributed by atoms with Gasteiger partial charge >= 0.3 is 0 Å². The molecule has 2 rings (SSSR count). The Labute approximate surface area is 168 Å². The first-order valence-corrected chi connectivity index (χ1v) is 9.77. The zero-order valence-electron chi connectivity index (χ0n) is 17.5. The van der Waals surface area contributed by atoms with Crippen LogP contribution in [0.1, 0.15) is 57.5 Å². The fourth-order valence-electron chi connectivity index (χ4n) is 2.70. The Kier molecular flexibility index (Phi) is 7.58. The number of nitrogens with one attached hydrogen (secondary N) is 1. The van der Waals surface area contributed by atoms with E-state index in [1.54, 1.807) is 6.20 Å². The third-order valence-corrected chi connectivity index (χ3v) is 4.61. The van der Waals surface area contributed by atoms with Crippen LogP contribution in [-0.2, 0) is 16.6 Å². The molecule has 0 aliphatic heterocycles. The number of amides is 1. The molecule has 0 aliphatic carbocycles. The van der Waals surface area contributed by atoms with Crippen LogP contribution in [0.3, 0.4) is 0 Å². The Hall–Kier alpha value is -2.40. The van der Waals surface area contributed by atoms with Crippen molar-refractivity contribution in [3.05, 3.63) is 59.4 Å². The largest absolute Gasteiger partial charge is 0.492 e. The van der Waals surface area contributed by atoms with Crippen LogP contribution in [0.2, 0.25) is 0 Å². The van der Waals surface area contributed by atoms with Crippen molar-refractivity contribution in [1.82, 2.24) is 10.3 Å². The van der Waals surface area contributed by atoms with E-state index in [0.717, 1.165) is 11.3 Å². The van der Waals surface area contributed by atoms with E-state index in [2.05, 4.69) is 43.2 Å². The molecule has 0 aliphatic rings. The van der Waals surface area contributed by atoms with Gasteiger partial charge in [0.25, 0.3) is 0 Å². The number of aromatic nitrogens is 1. The number of benzene rings is 1. The molecule has 0 saturated heterocycles. The van der Waals surface area contributed by atoms with E-state index in [4.69, 9.17) is 9.84 Å². The number of pyridine rings is 1. The zero-order valence-corrected chi connectivity index (χ0v) is 17.5. The lowest BCUT2D eigenvalue weighted by molar-refractivity contribution is -0.121. The van der Waals surface area contributed by atoms with Crippen LogP contribution in [0.15, 0.2) is 42.6 Å². The van der Waals surface area contributed by atoms with Gasteiger partial charge in [-0.25, -0.2) is 0 Å². The topological polar surface area (TPSA) is 71.5 Å². The van der Waals surface area contributed by atoms with E-state index in [9.17, 15) is 4.79 Å². The maximum Gasteiger partial charge on any atom is 0.224 e. The van der Waals surface area contributed by atoms with Gasteiger partial charge in [0.15, 0.2) is 0 Å². The number of rotatable bonds is 8. The van der Waals surface area contributed by atoms with Crippen molar-refractivity contribution in [2.24, 2.45) is 5.92 Å². The van der Waals surface area contributed by atoms with E-state index in [0.29, 0.717) is 18.8 Å². The summed E-state index contributed by atoms with van der Waals surface area (Å²) < 4.78 is 5.58. The number of nitrogens with zero attached hydrogens (tertiary/aromatic N) is 1. The molecule has 0 spiro atoms. The smallest absolute Gasteiger partial charge is 0.224 e. The van der Waals surface area contributed by atoms with E-state index >= 15 is 0 Å². The maximum absolute atomic E-state index is 12.4. The Bertz CT molecular complexity index is 749. The fourth-order valence-corrected chi connectivity index (χ4v) is 2.70. The molecule has 152 valence electrons. The molecule has 0 radical (unpaired) electrons. The predicted octanol–water partition coefficient (Wildman–Crippen LogP) is 3.81. The van der Waals surface area contributed by atoms with Gasteiger partial charge in [-0.05, 0) is 35.6 Å².